The largest absolute Gasteiger partial charge is 0.370 e. The summed E-state index contributed by atoms with van der Waals surface area (Å²) in [5.41, 5.74) is 2.99. The van der Waals surface area contributed by atoms with Gasteiger partial charge in [0, 0.05) is 24.5 Å². The highest BCUT2D eigenvalue weighted by Gasteiger charge is 2.11. The molecule has 0 aliphatic heterocycles. The van der Waals surface area contributed by atoms with Crippen molar-refractivity contribution in [2.45, 2.75) is 40.0 Å². The number of nitrogens with one attached hydrogen (secondary N) is 1. The van der Waals surface area contributed by atoms with Gasteiger partial charge >= 0.3 is 0 Å². The summed E-state index contributed by atoms with van der Waals surface area (Å²) in [5.74, 6) is 1.95. The van der Waals surface area contributed by atoms with E-state index in [9.17, 15) is 0 Å². The average molecular weight is 270 g/mol. The second-order valence-corrected chi connectivity index (χ2v) is 5.25. The van der Waals surface area contributed by atoms with Crippen molar-refractivity contribution in [2.24, 2.45) is 0 Å². The van der Waals surface area contributed by atoms with Gasteiger partial charge in [0.25, 0.3) is 0 Å². The van der Waals surface area contributed by atoms with Crippen LogP contribution in [0.4, 0.5) is 5.82 Å². The van der Waals surface area contributed by atoms with Crippen molar-refractivity contribution < 1.29 is 0 Å². The lowest BCUT2D eigenvalue weighted by Crippen LogP contribution is -2.07. The minimum Gasteiger partial charge on any atom is -0.370 e. The minimum absolute atomic E-state index is 0.364. The standard InChI is InChI=1S/C16H22N4/c1-5-8-17-14-10-13(11(2)3)19-16(20-14)15-12(4)7-6-9-18-15/h6-7,9-11H,5,8H2,1-4H3,(H,17,19,20). The monoisotopic (exact) mass is 270 g/mol. The number of nitrogens with zero attached hydrogens (tertiary/aromatic N) is 3. The van der Waals surface area contributed by atoms with Crippen molar-refractivity contribution in [1.29, 1.82) is 0 Å². The van der Waals surface area contributed by atoms with Crippen molar-refractivity contribution in [3.8, 4) is 11.5 Å². The first-order valence-electron chi connectivity index (χ1n) is 7.16. The molecule has 106 valence electrons. The second kappa shape index (κ2) is 6.46. The van der Waals surface area contributed by atoms with Gasteiger partial charge in [-0.05, 0) is 30.9 Å². The van der Waals surface area contributed by atoms with E-state index >= 15 is 0 Å². The summed E-state index contributed by atoms with van der Waals surface area (Å²) in [6.07, 6.45) is 2.85. The molecule has 0 aromatic carbocycles. The van der Waals surface area contributed by atoms with Crippen molar-refractivity contribution in [2.75, 3.05) is 11.9 Å². The minimum atomic E-state index is 0.364. The number of aromatic nitrogens is 3. The Bertz CT molecular complexity index is 578. The number of aryl methyl sites for hydroxylation is 1. The molecule has 2 aromatic heterocycles. The molecule has 0 aliphatic rings. The van der Waals surface area contributed by atoms with Crippen LogP contribution < -0.4 is 5.32 Å². The molecule has 0 amide bonds. The van der Waals surface area contributed by atoms with Gasteiger partial charge in [0.1, 0.15) is 11.5 Å². The molecule has 4 heteroatoms. The fraction of sp³-hybridized carbons (Fsp3) is 0.438. The van der Waals surface area contributed by atoms with Gasteiger partial charge in [-0.3, -0.25) is 4.98 Å². The van der Waals surface area contributed by atoms with Gasteiger partial charge in [-0.2, -0.15) is 0 Å². The zero-order valence-electron chi connectivity index (χ0n) is 12.6. The van der Waals surface area contributed by atoms with E-state index in [1.807, 2.05) is 25.1 Å². The fourth-order valence-electron chi connectivity index (χ4n) is 1.93. The van der Waals surface area contributed by atoms with E-state index in [0.29, 0.717) is 11.7 Å². The molecule has 0 saturated carbocycles. The zero-order chi connectivity index (χ0) is 14.5. The zero-order valence-corrected chi connectivity index (χ0v) is 12.6. The molecule has 0 aliphatic carbocycles. The van der Waals surface area contributed by atoms with Crippen LogP contribution in [0.2, 0.25) is 0 Å². The van der Waals surface area contributed by atoms with Gasteiger partial charge in [-0.1, -0.05) is 26.8 Å². The number of hydrogen-bond donors (Lipinski definition) is 1. The van der Waals surface area contributed by atoms with Crippen LogP contribution in [0, 0.1) is 6.92 Å². The molecule has 0 unspecified atom stereocenters. The van der Waals surface area contributed by atoms with Crippen LogP contribution in [0.3, 0.4) is 0 Å². The fourth-order valence-corrected chi connectivity index (χ4v) is 1.93. The highest BCUT2D eigenvalue weighted by molar-refractivity contribution is 5.57. The molecule has 0 fully saturated rings. The molecule has 0 spiro atoms. The number of rotatable bonds is 5. The molecule has 2 rings (SSSR count). The van der Waals surface area contributed by atoms with Crippen LogP contribution in [-0.2, 0) is 0 Å². The highest BCUT2D eigenvalue weighted by Crippen LogP contribution is 2.22. The molecular formula is C16H22N4. The van der Waals surface area contributed by atoms with E-state index in [4.69, 9.17) is 0 Å². The predicted molar refractivity (Wildman–Crippen MR) is 82.9 cm³/mol. The maximum absolute atomic E-state index is 4.66. The predicted octanol–water partition coefficient (Wildman–Crippen LogP) is 3.79. The van der Waals surface area contributed by atoms with Crippen LogP contribution in [-0.4, -0.2) is 21.5 Å². The molecule has 2 aromatic rings. The smallest absolute Gasteiger partial charge is 0.180 e. The number of pyridine rings is 1. The maximum atomic E-state index is 4.66. The SMILES string of the molecule is CCCNc1cc(C(C)C)nc(-c2ncccc2C)n1. The Morgan fingerprint density at radius 1 is 1.25 bits per heavy atom. The quantitative estimate of drug-likeness (QED) is 0.898. The van der Waals surface area contributed by atoms with Crippen LogP contribution in [0.5, 0.6) is 0 Å². The summed E-state index contributed by atoms with van der Waals surface area (Å²) in [6, 6.07) is 6.00. The summed E-state index contributed by atoms with van der Waals surface area (Å²) in [6.45, 7) is 9.37. The van der Waals surface area contributed by atoms with E-state index in [0.717, 1.165) is 35.7 Å². The first-order chi connectivity index (χ1) is 9.61. The van der Waals surface area contributed by atoms with Crippen molar-refractivity contribution >= 4 is 5.82 Å². The lowest BCUT2D eigenvalue weighted by Gasteiger charge is -2.12. The topological polar surface area (TPSA) is 50.7 Å². The maximum Gasteiger partial charge on any atom is 0.180 e. The highest BCUT2D eigenvalue weighted by atomic mass is 15.0. The Kier molecular flexibility index (Phi) is 4.66. The van der Waals surface area contributed by atoms with Crippen molar-refractivity contribution in [1.82, 2.24) is 15.0 Å². The molecule has 0 atom stereocenters. The first-order valence-corrected chi connectivity index (χ1v) is 7.16. The first kappa shape index (κ1) is 14.4. The average Bonchev–Trinajstić information content (AvgIpc) is 2.45. The van der Waals surface area contributed by atoms with Crippen LogP contribution in [0.1, 0.15) is 44.4 Å². The van der Waals surface area contributed by atoms with E-state index in [-0.39, 0.29) is 0 Å². The Morgan fingerprint density at radius 3 is 2.70 bits per heavy atom. The lowest BCUT2D eigenvalue weighted by atomic mass is 10.1. The van der Waals surface area contributed by atoms with Crippen LogP contribution in [0.15, 0.2) is 24.4 Å². The number of hydrogen-bond acceptors (Lipinski definition) is 4. The van der Waals surface area contributed by atoms with Gasteiger partial charge in [-0.15, -0.1) is 0 Å². The molecule has 0 radical (unpaired) electrons. The van der Waals surface area contributed by atoms with Gasteiger partial charge in [0.2, 0.25) is 0 Å². The Labute approximate surface area is 120 Å². The molecule has 1 N–H and O–H groups in total. The van der Waals surface area contributed by atoms with Crippen molar-refractivity contribution in [3.63, 3.8) is 0 Å². The molecule has 20 heavy (non-hydrogen) atoms. The summed E-state index contributed by atoms with van der Waals surface area (Å²) >= 11 is 0. The van der Waals surface area contributed by atoms with E-state index in [2.05, 4.69) is 41.0 Å². The van der Waals surface area contributed by atoms with Crippen molar-refractivity contribution in [3.05, 3.63) is 35.7 Å². The lowest BCUT2D eigenvalue weighted by molar-refractivity contribution is 0.814. The molecule has 4 nitrogen and oxygen atoms in total. The Balaban J connectivity index is 2.46. The van der Waals surface area contributed by atoms with E-state index in [1.165, 1.54) is 0 Å². The van der Waals surface area contributed by atoms with E-state index in [1.54, 1.807) is 6.20 Å². The third-order valence-electron chi connectivity index (χ3n) is 3.11. The van der Waals surface area contributed by atoms with Gasteiger partial charge < -0.3 is 5.32 Å². The molecular weight excluding hydrogens is 248 g/mol. The molecule has 0 saturated heterocycles. The van der Waals surface area contributed by atoms with E-state index < -0.39 is 0 Å². The molecule has 0 bridgehead atoms. The molecule has 2 heterocycles. The second-order valence-electron chi connectivity index (χ2n) is 5.25. The third kappa shape index (κ3) is 3.32. The summed E-state index contributed by atoms with van der Waals surface area (Å²) < 4.78 is 0. The third-order valence-corrected chi connectivity index (χ3v) is 3.11. The van der Waals surface area contributed by atoms with Crippen LogP contribution >= 0.6 is 0 Å². The summed E-state index contributed by atoms with van der Waals surface area (Å²) in [5, 5.41) is 3.34. The Hall–Kier alpha value is -1.97. The summed E-state index contributed by atoms with van der Waals surface area (Å²) in [7, 11) is 0. The van der Waals surface area contributed by atoms with Gasteiger partial charge in [-0.25, -0.2) is 9.97 Å². The van der Waals surface area contributed by atoms with Crippen LogP contribution in [0.25, 0.3) is 11.5 Å². The normalized spacial score (nSPS) is 10.8. The summed E-state index contributed by atoms with van der Waals surface area (Å²) in [4.78, 5) is 13.7. The van der Waals surface area contributed by atoms with Gasteiger partial charge in [0.15, 0.2) is 5.82 Å². The Morgan fingerprint density at radius 2 is 2.05 bits per heavy atom. The number of anilines is 1. The van der Waals surface area contributed by atoms with Gasteiger partial charge in [0.05, 0.1) is 0 Å².